The van der Waals surface area contributed by atoms with E-state index in [2.05, 4.69) is 21.4 Å². The molecule has 0 aromatic heterocycles. The van der Waals surface area contributed by atoms with Crippen LogP contribution in [0.25, 0.3) is 0 Å². The van der Waals surface area contributed by atoms with Crippen LogP contribution in [0.5, 0.6) is 0 Å². The first-order chi connectivity index (χ1) is 11.7. The van der Waals surface area contributed by atoms with Gasteiger partial charge in [-0.25, -0.2) is 25.2 Å². The summed E-state index contributed by atoms with van der Waals surface area (Å²) in [5, 5.41) is 3.80. The molecule has 0 radical (unpaired) electrons. The molecule has 0 aromatic rings. The molecule has 0 aromatic carbocycles. The highest BCUT2D eigenvalue weighted by Gasteiger charge is 2.25. The predicted octanol–water partition coefficient (Wildman–Crippen LogP) is 1.85. The topological polar surface area (TPSA) is 127 Å². The Kier molecular flexibility index (Phi) is 9.05. The Balaban J connectivity index is 4.95. The lowest BCUT2D eigenvalue weighted by atomic mass is 10.2. The van der Waals surface area contributed by atoms with Crippen molar-refractivity contribution in [2.45, 2.75) is 72.6 Å². The van der Waals surface area contributed by atoms with E-state index in [9.17, 15) is 14.4 Å². The quantitative estimate of drug-likeness (QED) is 0.280. The molecule has 150 valence electrons. The smallest absolute Gasteiger partial charge is 0.428 e. The zero-order valence-electron chi connectivity index (χ0n) is 16.7. The summed E-state index contributed by atoms with van der Waals surface area (Å²) in [5.74, 6) is -0.684. The van der Waals surface area contributed by atoms with Crippen LogP contribution in [-0.2, 0) is 19.0 Å². The summed E-state index contributed by atoms with van der Waals surface area (Å²) in [4.78, 5) is 35.4. The number of hydrazine groups is 1. The molecule has 0 aliphatic heterocycles. The summed E-state index contributed by atoms with van der Waals surface area (Å²) in [5.41, 5.74) is 5.65. The summed E-state index contributed by atoms with van der Waals surface area (Å²) in [6.45, 7) is 13.5. The Morgan fingerprint density at radius 3 is 1.92 bits per heavy atom. The Labute approximate surface area is 154 Å². The highest BCUT2D eigenvalue weighted by Crippen LogP contribution is 2.07. The lowest BCUT2D eigenvalue weighted by molar-refractivity contribution is -0.143. The number of nitrogens with one attached hydrogen (secondary N) is 3. The summed E-state index contributed by atoms with van der Waals surface area (Å²) < 4.78 is 15.0. The van der Waals surface area contributed by atoms with Crippen molar-refractivity contribution in [3.8, 4) is 0 Å². The van der Waals surface area contributed by atoms with E-state index in [4.69, 9.17) is 14.2 Å². The van der Waals surface area contributed by atoms with E-state index in [0.29, 0.717) is 0 Å². The van der Waals surface area contributed by atoms with Crippen LogP contribution in [0.2, 0.25) is 0 Å². The second-order valence-corrected chi connectivity index (χ2v) is 7.32. The first-order valence-corrected chi connectivity index (χ1v) is 8.19. The molecule has 1 atom stereocenters. The molecule has 10 nitrogen and oxygen atoms in total. The molecule has 1 unspecified atom stereocenters. The van der Waals surface area contributed by atoms with Crippen molar-refractivity contribution < 1.29 is 28.6 Å². The van der Waals surface area contributed by atoms with Gasteiger partial charge in [0.1, 0.15) is 11.2 Å². The Bertz CT molecular complexity index is 534. The summed E-state index contributed by atoms with van der Waals surface area (Å²) >= 11 is 0. The number of hydrazone groups is 1. The molecule has 0 heterocycles. The monoisotopic (exact) mass is 374 g/mol. The molecule has 0 saturated heterocycles. The van der Waals surface area contributed by atoms with Gasteiger partial charge < -0.3 is 14.2 Å². The van der Waals surface area contributed by atoms with Crippen molar-refractivity contribution in [3.63, 3.8) is 0 Å². The lowest BCUT2D eigenvalue weighted by Crippen LogP contribution is -2.53. The van der Waals surface area contributed by atoms with Gasteiger partial charge in [0.25, 0.3) is 0 Å². The zero-order chi connectivity index (χ0) is 20.5. The van der Waals surface area contributed by atoms with E-state index < -0.39 is 35.4 Å². The maximum absolute atomic E-state index is 12.1. The number of amides is 2. The summed E-state index contributed by atoms with van der Waals surface area (Å²) in [7, 11) is 0. The van der Waals surface area contributed by atoms with Crippen LogP contribution in [-0.4, -0.2) is 47.7 Å². The van der Waals surface area contributed by atoms with Crippen molar-refractivity contribution >= 4 is 23.9 Å². The van der Waals surface area contributed by atoms with E-state index in [1.807, 2.05) is 0 Å². The van der Waals surface area contributed by atoms with Crippen molar-refractivity contribution in [3.05, 3.63) is 0 Å². The second kappa shape index (κ2) is 9.95. The Morgan fingerprint density at radius 1 is 0.962 bits per heavy atom. The van der Waals surface area contributed by atoms with Gasteiger partial charge in [-0.2, -0.15) is 5.10 Å². The number of hydrogen-bond donors (Lipinski definition) is 3. The maximum Gasteiger partial charge on any atom is 0.428 e. The standard InChI is InChI=1S/C16H30N4O6/c1-9-24-12(21)11(18-20-14(23)26-16(6,7)8)10(2)17-19-13(22)25-15(3,4)5/h11,18H,9H2,1-8H3,(H,19,22)(H,20,23)/b17-10+. The predicted molar refractivity (Wildman–Crippen MR) is 95.4 cm³/mol. The molecule has 0 saturated carbocycles. The number of nitrogens with zero attached hydrogens (tertiary/aromatic N) is 1. The highest BCUT2D eigenvalue weighted by atomic mass is 16.6. The van der Waals surface area contributed by atoms with Gasteiger partial charge in [0, 0.05) is 0 Å². The van der Waals surface area contributed by atoms with Gasteiger partial charge in [-0.15, -0.1) is 0 Å². The number of hydrogen-bond acceptors (Lipinski definition) is 8. The van der Waals surface area contributed by atoms with Crippen LogP contribution >= 0.6 is 0 Å². The zero-order valence-corrected chi connectivity index (χ0v) is 16.7. The van der Waals surface area contributed by atoms with Crippen LogP contribution in [0.15, 0.2) is 5.10 Å². The number of rotatable bonds is 6. The fourth-order valence-corrected chi connectivity index (χ4v) is 1.49. The number of esters is 1. The van der Waals surface area contributed by atoms with Crippen molar-refractivity contribution in [1.82, 2.24) is 16.3 Å². The average molecular weight is 374 g/mol. The maximum atomic E-state index is 12.1. The molecule has 0 bridgehead atoms. The van der Waals surface area contributed by atoms with Gasteiger partial charge in [-0.05, 0) is 55.4 Å². The largest absolute Gasteiger partial charge is 0.464 e. The molecule has 0 spiro atoms. The minimum atomic E-state index is -1.13. The van der Waals surface area contributed by atoms with E-state index in [-0.39, 0.29) is 12.3 Å². The van der Waals surface area contributed by atoms with Crippen molar-refractivity contribution in [2.75, 3.05) is 6.61 Å². The highest BCUT2D eigenvalue weighted by molar-refractivity contribution is 6.05. The molecule has 10 heteroatoms. The molecule has 26 heavy (non-hydrogen) atoms. The number of carbonyl (C=O) groups is 3. The summed E-state index contributed by atoms with van der Waals surface area (Å²) in [6, 6.07) is -1.13. The molecular weight excluding hydrogens is 344 g/mol. The fraction of sp³-hybridized carbons (Fsp3) is 0.750. The van der Waals surface area contributed by atoms with Gasteiger partial charge in [-0.1, -0.05) is 0 Å². The van der Waals surface area contributed by atoms with Gasteiger partial charge in [0.15, 0.2) is 6.04 Å². The fourth-order valence-electron chi connectivity index (χ4n) is 1.49. The van der Waals surface area contributed by atoms with E-state index in [1.54, 1.807) is 48.5 Å². The molecule has 0 aliphatic rings. The molecule has 0 fully saturated rings. The van der Waals surface area contributed by atoms with Crippen molar-refractivity contribution in [1.29, 1.82) is 0 Å². The third-order valence-corrected chi connectivity index (χ3v) is 2.38. The first kappa shape index (κ1) is 23.6. The van der Waals surface area contributed by atoms with E-state index in [0.717, 1.165) is 0 Å². The minimum absolute atomic E-state index is 0.135. The van der Waals surface area contributed by atoms with Gasteiger partial charge in [0.05, 0.1) is 12.3 Å². The van der Waals surface area contributed by atoms with E-state index >= 15 is 0 Å². The van der Waals surface area contributed by atoms with Gasteiger partial charge >= 0.3 is 18.2 Å². The molecular formula is C16H30N4O6. The first-order valence-electron chi connectivity index (χ1n) is 8.19. The SMILES string of the molecule is CCOC(=O)C(NNC(=O)OC(C)(C)C)/C(C)=N/NC(=O)OC(C)(C)C. The molecule has 0 aliphatic carbocycles. The normalized spacial score (nSPS) is 13.5. The van der Waals surface area contributed by atoms with Gasteiger partial charge in [-0.3, -0.25) is 5.43 Å². The van der Waals surface area contributed by atoms with Crippen LogP contribution in [0.1, 0.15) is 55.4 Å². The van der Waals surface area contributed by atoms with E-state index in [1.165, 1.54) is 6.92 Å². The Hall–Kier alpha value is -2.36. The lowest BCUT2D eigenvalue weighted by Gasteiger charge is -2.22. The number of ether oxygens (including phenoxy) is 3. The third kappa shape index (κ3) is 11.2. The summed E-state index contributed by atoms with van der Waals surface area (Å²) in [6.07, 6.45) is -1.56. The second-order valence-electron chi connectivity index (χ2n) is 7.32. The van der Waals surface area contributed by atoms with Crippen LogP contribution in [0, 0.1) is 0 Å². The van der Waals surface area contributed by atoms with Gasteiger partial charge in [0.2, 0.25) is 0 Å². The van der Waals surface area contributed by atoms with Crippen LogP contribution in [0.4, 0.5) is 9.59 Å². The van der Waals surface area contributed by atoms with Crippen LogP contribution < -0.4 is 16.3 Å². The third-order valence-electron chi connectivity index (χ3n) is 2.38. The molecule has 3 N–H and O–H groups in total. The Morgan fingerprint density at radius 2 is 1.46 bits per heavy atom. The number of carbonyl (C=O) groups excluding carboxylic acids is 3. The average Bonchev–Trinajstić information content (AvgIpc) is 2.41. The molecule has 0 rings (SSSR count). The minimum Gasteiger partial charge on any atom is -0.464 e. The van der Waals surface area contributed by atoms with Crippen LogP contribution in [0.3, 0.4) is 0 Å². The van der Waals surface area contributed by atoms with Crippen molar-refractivity contribution in [2.24, 2.45) is 5.10 Å². The molecule has 2 amide bonds.